The van der Waals surface area contributed by atoms with Crippen LogP contribution in [0.5, 0.6) is 5.75 Å². The van der Waals surface area contributed by atoms with Crippen LogP contribution < -0.4 is 10.1 Å². The molecule has 0 aromatic heterocycles. The summed E-state index contributed by atoms with van der Waals surface area (Å²) in [5.41, 5.74) is 1.71. The fourth-order valence-electron chi connectivity index (χ4n) is 1.58. The van der Waals surface area contributed by atoms with E-state index in [0.29, 0.717) is 11.3 Å². The molecular formula is C13H17NO5. The molecule has 1 amide bonds. The van der Waals surface area contributed by atoms with E-state index < -0.39 is 12.1 Å². The van der Waals surface area contributed by atoms with Gasteiger partial charge in [0.2, 0.25) is 5.91 Å². The van der Waals surface area contributed by atoms with Gasteiger partial charge in [-0.1, -0.05) is 17.7 Å². The highest BCUT2D eigenvalue weighted by molar-refractivity contribution is 5.80. The van der Waals surface area contributed by atoms with Gasteiger partial charge >= 0.3 is 5.97 Å². The topological polar surface area (TPSA) is 95.9 Å². The highest BCUT2D eigenvalue weighted by Gasteiger charge is 2.15. The van der Waals surface area contributed by atoms with Gasteiger partial charge in [0.05, 0.1) is 20.1 Å². The number of aliphatic hydroxyl groups excluding tert-OH is 1. The summed E-state index contributed by atoms with van der Waals surface area (Å²) in [7, 11) is 1.51. The zero-order valence-electron chi connectivity index (χ0n) is 10.8. The minimum absolute atomic E-state index is 0.0667. The lowest BCUT2D eigenvalue weighted by molar-refractivity contribution is -0.146. The molecule has 1 atom stereocenters. The molecule has 0 bridgehead atoms. The van der Waals surface area contributed by atoms with Crippen molar-refractivity contribution in [3.8, 4) is 5.75 Å². The number of carbonyl (C=O) groups excluding carboxylic acids is 1. The van der Waals surface area contributed by atoms with E-state index in [1.807, 2.05) is 19.1 Å². The van der Waals surface area contributed by atoms with Crippen molar-refractivity contribution in [2.75, 3.05) is 13.7 Å². The second-order valence-electron chi connectivity index (χ2n) is 4.15. The number of aryl methyl sites for hydroxylation is 1. The molecule has 1 unspecified atom stereocenters. The quantitative estimate of drug-likeness (QED) is 0.679. The molecule has 0 saturated heterocycles. The van der Waals surface area contributed by atoms with Crippen LogP contribution in [0.4, 0.5) is 0 Å². The number of benzene rings is 1. The zero-order valence-corrected chi connectivity index (χ0v) is 10.8. The summed E-state index contributed by atoms with van der Waals surface area (Å²) in [6.45, 7) is 1.58. The number of carboxylic acid groups (broad SMARTS) is 1. The maximum atomic E-state index is 11.6. The van der Waals surface area contributed by atoms with Crippen molar-refractivity contribution >= 4 is 11.9 Å². The van der Waals surface area contributed by atoms with Gasteiger partial charge in [0, 0.05) is 5.56 Å². The number of aliphatic carboxylic acids is 1. The lowest BCUT2D eigenvalue weighted by Gasteiger charge is -2.11. The van der Waals surface area contributed by atoms with Crippen LogP contribution in [0.1, 0.15) is 11.1 Å². The highest BCUT2D eigenvalue weighted by Crippen LogP contribution is 2.19. The Hall–Kier alpha value is -2.08. The summed E-state index contributed by atoms with van der Waals surface area (Å²) in [4.78, 5) is 22.0. The van der Waals surface area contributed by atoms with Gasteiger partial charge in [0.1, 0.15) is 5.75 Å². The minimum atomic E-state index is -1.59. The number of amides is 1. The van der Waals surface area contributed by atoms with E-state index in [4.69, 9.17) is 14.9 Å². The number of carbonyl (C=O) groups is 2. The molecule has 0 spiro atoms. The number of hydrogen-bond donors (Lipinski definition) is 3. The average molecular weight is 267 g/mol. The fourth-order valence-corrected chi connectivity index (χ4v) is 1.58. The van der Waals surface area contributed by atoms with E-state index in [9.17, 15) is 9.59 Å². The first kappa shape index (κ1) is 15.0. The van der Waals surface area contributed by atoms with E-state index in [1.165, 1.54) is 7.11 Å². The van der Waals surface area contributed by atoms with Crippen LogP contribution >= 0.6 is 0 Å². The Labute approximate surface area is 111 Å². The first-order valence-electron chi connectivity index (χ1n) is 5.75. The maximum absolute atomic E-state index is 11.6. The van der Waals surface area contributed by atoms with Gasteiger partial charge in [-0.25, -0.2) is 4.79 Å². The van der Waals surface area contributed by atoms with Crippen LogP contribution in [-0.4, -0.2) is 41.8 Å². The molecule has 0 fully saturated rings. The van der Waals surface area contributed by atoms with Crippen LogP contribution in [0.15, 0.2) is 18.2 Å². The Bertz CT molecular complexity index is 472. The number of ether oxygens (including phenoxy) is 1. The van der Waals surface area contributed by atoms with Crippen LogP contribution in [0, 0.1) is 6.92 Å². The molecule has 1 aromatic carbocycles. The van der Waals surface area contributed by atoms with Gasteiger partial charge in [-0.3, -0.25) is 4.79 Å². The monoisotopic (exact) mass is 267 g/mol. The van der Waals surface area contributed by atoms with Crippen molar-refractivity contribution in [2.45, 2.75) is 19.4 Å². The molecule has 1 rings (SSSR count). The lowest BCUT2D eigenvalue weighted by atomic mass is 10.1. The van der Waals surface area contributed by atoms with E-state index in [0.717, 1.165) is 5.56 Å². The standard InChI is InChI=1S/C13H17NO5/c1-8-3-4-11(19-2)9(5-8)6-12(16)14-7-10(15)13(17)18/h3-5,10,15H,6-7H2,1-2H3,(H,14,16)(H,17,18). The predicted octanol–water partition coefficient (Wildman–Crippen LogP) is 0.108. The number of rotatable bonds is 6. The summed E-state index contributed by atoms with van der Waals surface area (Å²) < 4.78 is 5.14. The van der Waals surface area contributed by atoms with Crippen LogP contribution in [0.25, 0.3) is 0 Å². The molecule has 0 aliphatic heterocycles. The molecule has 3 N–H and O–H groups in total. The molecule has 0 radical (unpaired) electrons. The molecular weight excluding hydrogens is 250 g/mol. The molecule has 19 heavy (non-hydrogen) atoms. The van der Waals surface area contributed by atoms with Crippen molar-refractivity contribution in [1.29, 1.82) is 0 Å². The summed E-state index contributed by atoms with van der Waals surface area (Å²) in [6.07, 6.45) is -1.53. The van der Waals surface area contributed by atoms with Gasteiger partial charge in [-0.2, -0.15) is 0 Å². The summed E-state index contributed by atoms with van der Waals surface area (Å²) >= 11 is 0. The number of aliphatic hydroxyl groups is 1. The number of methoxy groups -OCH3 is 1. The molecule has 104 valence electrons. The smallest absolute Gasteiger partial charge is 0.334 e. The average Bonchev–Trinajstić information content (AvgIpc) is 2.36. The summed E-state index contributed by atoms with van der Waals surface area (Å²) in [5, 5.41) is 19.9. The van der Waals surface area contributed by atoms with Gasteiger partial charge in [0.25, 0.3) is 0 Å². The van der Waals surface area contributed by atoms with Crippen LogP contribution in [-0.2, 0) is 16.0 Å². The lowest BCUT2D eigenvalue weighted by Crippen LogP contribution is -2.37. The van der Waals surface area contributed by atoms with Crippen molar-refractivity contribution in [3.63, 3.8) is 0 Å². The van der Waals surface area contributed by atoms with E-state index in [-0.39, 0.29) is 18.9 Å². The van der Waals surface area contributed by atoms with Gasteiger partial charge in [-0.15, -0.1) is 0 Å². The second kappa shape index (κ2) is 6.75. The zero-order chi connectivity index (χ0) is 14.4. The van der Waals surface area contributed by atoms with Crippen molar-refractivity contribution in [2.24, 2.45) is 0 Å². The van der Waals surface area contributed by atoms with Gasteiger partial charge < -0.3 is 20.3 Å². The van der Waals surface area contributed by atoms with Crippen LogP contribution in [0.3, 0.4) is 0 Å². The third-order valence-corrected chi connectivity index (χ3v) is 2.56. The minimum Gasteiger partial charge on any atom is -0.496 e. The van der Waals surface area contributed by atoms with Crippen molar-refractivity contribution < 1.29 is 24.5 Å². The Morgan fingerprint density at radius 1 is 1.42 bits per heavy atom. The fraction of sp³-hybridized carbons (Fsp3) is 0.385. The molecule has 6 heteroatoms. The van der Waals surface area contributed by atoms with Crippen molar-refractivity contribution in [3.05, 3.63) is 29.3 Å². The molecule has 1 aromatic rings. The number of hydrogen-bond acceptors (Lipinski definition) is 4. The molecule has 0 aliphatic carbocycles. The first-order valence-corrected chi connectivity index (χ1v) is 5.75. The second-order valence-corrected chi connectivity index (χ2v) is 4.15. The van der Waals surface area contributed by atoms with Crippen molar-refractivity contribution in [1.82, 2.24) is 5.32 Å². The number of carboxylic acids is 1. The third kappa shape index (κ3) is 4.59. The van der Waals surface area contributed by atoms with Crippen LogP contribution in [0.2, 0.25) is 0 Å². The van der Waals surface area contributed by atoms with E-state index in [2.05, 4.69) is 5.32 Å². The van der Waals surface area contributed by atoms with Gasteiger partial charge in [0.15, 0.2) is 6.10 Å². The van der Waals surface area contributed by atoms with E-state index >= 15 is 0 Å². The molecule has 0 aliphatic rings. The Balaban J connectivity index is 2.62. The molecule has 6 nitrogen and oxygen atoms in total. The third-order valence-electron chi connectivity index (χ3n) is 2.56. The molecule has 0 heterocycles. The number of nitrogens with one attached hydrogen (secondary N) is 1. The maximum Gasteiger partial charge on any atom is 0.334 e. The largest absolute Gasteiger partial charge is 0.496 e. The first-order chi connectivity index (χ1) is 8.93. The Kier molecular flexibility index (Phi) is 5.32. The normalized spacial score (nSPS) is 11.7. The highest BCUT2D eigenvalue weighted by atomic mass is 16.5. The van der Waals surface area contributed by atoms with E-state index in [1.54, 1.807) is 6.07 Å². The molecule has 0 saturated carbocycles. The van der Waals surface area contributed by atoms with Gasteiger partial charge in [-0.05, 0) is 13.0 Å². The summed E-state index contributed by atoms with van der Waals surface area (Å²) in [6, 6.07) is 5.46. The Morgan fingerprint density at radius 2 is 2.11 bits per heavy atom. The predicted molar refractivity (Wildman–Crippen MR) is 68.1 cm³/mol. The summed E-state index contributed by atoms with van der Waals surface area (Å²) in [5.74, 6) is -1.14. The SMILES string of the molecule is COc1ccc(C)cc1CC(=O)NCC(O)C(=O)O. The Morgan fingerprint density at radius 3 is 2.68 bits per heavy atom.